The van der Waals surface area contributed by atoms with Gasteiger partial charge < -0.3 is 30.5 Å². The lowest BCUT2D eigenvalue weighted by atomic mass is 10.1. The van der Waals surface area contributed by atoms with Gasteiger partial charge in [0.05, 0.1) is 18.8 Å². The van der Waals surface area contributed by atoms with Crippen molar-refractivity contribution in [1.29, 1.82) is 0 Å². The number of carbonyl (C=O) groups excluding carboxylic acids is 1. The van der Waals surface area contributed by atoms with Gasteiger partial charge in [-0.1, -0.05) is 13.0 Å². The molecule has 0 aliphatic carbocycles. The molecule has 0 atom stereocenters. The number of ether oxygens (including phenoxy) is 1. The molecule has 2 saturated heterocycles. The minimum absolute atomic E-state index is 0.0734. The van der Waals surface area contributed by atoms with Crippen LogP contribution in [-0.4, -0.2) is 113 Å². The highest BCUT2D eigenvalue weighted by molar-refractivity contribution is 6.05. The Balaban J connectivity index is 1.15. The Morgan fingerprint density at radius 1 is 0.918 bits per heavy atom. The second-order valence-corrected chi connectivity index (χ2v) is 11.9. The molecule has 4 heterocycles. The zero-order valence-electron chi connectivity index (χ0n) is 27.5. The molecule has 0 unspecified atom stereocenters. The quantitative estimate of drug-likeness (QED) is 0.210. The summed E-state index contributed by atoms with van der Waals surface area (Å²) in [4.78, 5) is 32.9. The number of aryl methyl sites for hydroxylation is 1. The van der Waals surface area contributed by atoms with Crippen LogP contribution in [0.4, 0.5) is 42.0 Å². The first-order valence-corrected chi connectivity index (χ1v) is 16.3. The summed E-state index contributed by atoms with van der Waals surface area (Å²) < 4.78 is 48.7. The van der Waals surface area contributed by atoms with E-state index in [4.69, 9.17) is 4.74 Å². The number of benzene rings is 2. The summed E-state index contributed by atoms with van der Waals surface area (Å²) in [7, 11) is 0. The van der Waals surface area contributed by atoms with Gasteiger partial charge in [-0.25, -0.2) is 9.97 Å². The average Bonchev–Trinajstić information content (AvgIpc) is 3.58. The lowest BCUT2D eigenvalue weighted by Gasteiger charge is -2.36. The van der Waals surface area contributed by atoms with E-state index in [0.29, 0.717) is 54.3 Å². The highest BCUT2D eigenvalue weighted by atomic mass is 19.4. The summed E-state index contributed by atoms with van der Waals surface area (Å²) in [6.07, 6.45) is -1.76. The predicted octanol–water partition coefficient (Wildman–Crippen LogP) is 4.27. The molecule has 2 aliphatic heterocycles. The van der Waals surface area contributed by atoms with Gasteiger partial charge in [-0.3, -0.25) is 9.69 Å². The second kappa shape index (κ2) is 15.2. The highest BCUT2D eigenvalue weighted by Gasteiger charge is 2.33. The van der Waals surface area contributed by atoms with Crippen LogP contribution in [0.25, 0.3) is 5.82 Å². The van der Waals surface area contributed by atoms with Crippen LogP contribution in [0, 0.1) is 6.92 Å². The largest absolute Gasteiger partial charge is 0.416 e. The minimum Gasteiger partial charge on any atom is -0.379 e. The molecule has 4 aromatic rings. The second-order valence-electron chi connectivity index (χ2n) is 11.9. The molecule has 3 N–H and O–H groups in total. The maximum Gasteiger partial charge on any atom is 0.416 e. The van der Waals surface area contributed by atoms with Gasteiger partial charge in [-0.2, -0.15) is 27.9 Å². The monoisotopic (exact) mass is 679 g/mol. The summed E-state index contributed by atoms with van der Waals surface area (Å²) in [5.74, 6) is 0.853. The van der Waals surface area contributed by atoms with Crippen LogP contribution in [0.2, 0.25) is 0 Å². The molecule has 16 heteroatoms. The number of rotatable bonds is 11. The number of nitrogens with one attached hydrogen (secondary N) is 3. The van der Waals surface area contributed by atoms with E-state index in [1.54, 1.807) is 24.3 Å². The van der Waals surface area contributed by atoms with Crippen LogP contribution >= 0.6 is 0 Å². The molecule has 0 radical (unpaired) electrons. The Morgan fingerprint density at radius 3 is 2.47 bits per heavy atom. The first kappa shape index (κ1) is 34.1. The van der Waals surface area contributed by atoms with E-state index in [1.807, 2.05) is 11.8 Å². The number of piperazine rings is 1. The molecule has 2 fully saturated rings. The highest BCUT2D eigenvalue weighted by Crippen LogP contribution is 2.34. The van der Waals surface area contributed by atoms with Crippen LogP contribution in [0.3, 0.4) is 0 Å². The van der Waals surface area contributed by atoms with Crippen molar-refractivity contribution in [2.24, 2.45) is 0 Å². The number of morpholine rings is 1. The fourth-order valence-electron chi connectivity index (χ4n) is 5.79. The number of nitrogens with zero attached hydrogens (tertiary/aromatic N) is 8. The molecular formula is C33H40F3N11O2. The Bertz CT molecular complexity index is 1740. The van der Waals surface area contributed by atoms with Crippen molar-refractivity contribution in [1.82, 2.24) is 34.5 Å². The third-order valence-corrected chi connectivity index (χ3v) is 8.69. The fourth-order valence-corrected chi connectivity index (χ4v) is 5.79. The van der Waals surface area contributed by atoms with Gasteiger partial charge in [0, 0.05) is 81.1 Å². The van der Waals surface area contributed by atoms with Gasteiger partial charge in [0.2, 0.25) is 5.95 Å². The van der Waals surface area contributed by atoms with Crippen molar-refractivity contribution >= 4 is 34.7 Å². The third-order valence-electron chi connectivity index (χ3n) is 8.69. The van der Waals surface area contributed by atoms with Crippen molar-refractivity contribution in [3.05, 3.63) is 71.8 Å². The SMILES string of the molecule is CCN1CCN(c2cc(C(=O)Nc3ccc(C)c(Nc4ncnn4-c4cc(NCCN5CCOCC5)ncn4)c3)cc(C(F)(F)F)c2)CC1. The maximum atomic E-state index is 13.9. The molecule has 0 bridgehead atoms. The van der Waals surface area contributed by atoms with E-state index < -0.39 is 17.6 Å². The number of hydrogen-bond acceptors (Lipinski definition) is 11. The molecule has 6 rings (SSSR count). The molecule has 2 aromatic heterocycles. The van der Waals surface area contributed by atoms with Gasteiger partial charge >= 0.3 is 6.18 Å². The van der Waals surface area contributed by atoms with E-state index in [0.717, 1.165) is 70.2 Å². The van der Waals surface area contributed by atoms with Crippen molar-refractivity contribution in [3.63, 3.8) is 0 Å². The Morgan fingerprint density at radius 2 is 1.71 bits per heavy atom. The van der Waals surface area contributed by atoms with E-state index in [2.05, 4.69) is 52.7 Å². The molecule has 260 valence electrons. The minimum atomic E-state index is -4.60. The summed E-state index contributed by atoms with van der Waals surface area (Å²) in [6.45, 7) is 12.3. The smallest absolute Gasteiger partial charge is 0.379 e. The molecule has 2 aliphatic rings. The van der Waals surface area contributed by atoms with Crippen LogP contribution < -0.4 is 20.9 Å². The number of alkyl halides is 3. The standard InChI is InChI=1S/C33H40F3N11O2/c1-3-44-8-10-46(11-9-44)27-17-24(16-25(18-27)33(34,35)36)31(48)42-26-5-4-23(2)28(19-26)43-32-40-22-41-47(32)30-20-29(38-21-39-30)37-6-7-45-12-14-49-15-13-45/h4-5,16-22H,3,6-15H2,1-2H3,(H,42,48)(H,37,38,39)(H,40,41,43). The summed E-state index contributed by atoms with van der Waals surface area (Å²) in [5.41, 5.74) is 1.29. The van der Waals surface area contributed by atoms with Crippen LogP contribution in [-0.2, 0) is 10.9 Å². The number of anilines is 5. The van der Waals surface area contributed by atoms with Crippen molar-refractivity contribution in [2.45, 2.75) is 20.0 Å². The summed E-state index contributed by atoms with van der Waals surface area (Å²) >= 11 is 0. The maximum absolute atomic E-state index is 13.9. The molecule has 1 amide bonds. The molecule has 49 heavy (non-hydrogen) atoms. The van der Waals surface area contributed by atoms with Crippen LogP contribution in [0.1, 0.15) is 28.4 Å². The van der Waals surface area contributed by atoms with Gasteiger partial charge in [0.1, 0.15) is 18.5 Å². The lowest BCUT2D eigenvalue weighted by molar-refractivity contribution is -0.137. The number of carbonyl (C=O) groups is 1. The molecular weight excluding hydrogens is 639 g/mol. The number of aromatic nitrogens is 5. The molecule has 13 nitrogen and oxygen atoms in total. The molecule has 2 aromatic carbocycles. The average molecular weight is 680 g/mol. The van der Waals surface area contributed by atoms with Gasteiger partial charge in [0.15, 0.2) is 5.82 Å². The zero-order chi connectivity index (χ0) is 34.4. The van der Waals surface area contributed by atoms with Gasteiger partial charge in [-0.15, -0.1) is 0 Å². The number of likely N-dealkylation sites (N-methyl/N-ethyl adjacent to an activating group) is 1. The normalized spacial score (nSPS) is 16.1. The Kier molecular flexibility index (Phi) is 10.6. The van der Waals surface area contributed by atoms with Gasteiger partial charge in [0.25, 0.3) is 5.91 Å². The van der Waals surface area contributed by atoms with Crippen molar-refractivity contribution in [3.8, 4) is 5.82 Å². The summed E-state index contributed by atoms with van der Waals surface area (Å²) in [6, 6.07) is 10.5. The topological polar surface area (TPSA) is 129 Å². The zero-order valence-corrected chi connectivity index (χ0v) is 27.5. The van der Waals surface area contributed by atoms with Crippen LogP contribution in [0.15, 0.2) is 55.1 Å². The number of amides is 1. The van der Waals surface area contributed by atoms with Crippen molar-refractivity contribution < 1.29 is 22.7 Å². The van der Waals surface area contributed by atoms with E-state index in [-0.39, 0.29) is 5.56 Å². The third kappa shape index (κ3) is 8.63. The van der Waals surface area contributed by atoms with E-state index in [9.17, 15) is 18.0 Å². The fraction of sp³-hybridized carbons (Fsp3) is 0.424. The van der Waals surface area contributed by atoms with Gasteiger partial charge in [-0.05, 0) is 49.4 Å². The van der Waals surface area contributed by atoms with E-state index in [1.165, 1.54) is 23.4 Å². The first-order chi connectivity index (χ1) is 23.7. The van der Waals surface area contributed by atoms with E-state index >= 15 is 0 Å². The molecule has 0 saturated carbocycles. The lowest BCUT2D eigenvalue weighted by Crippen LogP contribution is -2.46. The van der Waals surface area contributed by atoms with Crippen molar-refractivity contribution in [2.75, 3.05) is 93.0 Å². The summed E-state index contributed by atoms with van der Waals surface area (Å²) in [5, 5.41) is 13.7. The number of halogens is 3. The number of hydrogen-bond donors (Lipinski definition) is 3. The molecule has 0 spiro atoms. The predicted molar refractivity (Wildman–Crippen MR) is 181 cm³/mol. The first-order valence-electron chi connectivity index (χ1n) is 16.3. The van der Waals surface area contributed by atoms with Crippen LogP contribution in [0.5, 0.6) is 0 Å². The Hall–Kier alpha value is -4.80. The Labute approximate surface area is 282 Å².